The highest BCUT2D eigenvalue weighted by molar-refractivity contribution is 7.99. The van der Waals surface area contributed by atoms with Gasteiger partial charge in [0.2, 0.25) is 5.91 Å². The van der Waals surface area contributed by atoms with Gasteiger partial charge in [-0.1, -0.05) is 11.8 Å². The summed E-state index contributed by atoms with van der Waals surface area (Å²) in [6.07, 6.45) is 6.55. The Balaban J connectivity index is 1.54. The summed E-state index contributed by atoms with van der Waals surface area (Å²) >= 11 is 1.37. The molecule has 8 nitrogen and oxygen atoms in total. The number of rotatable bonds is 9. The van der Waals surface area contributed by atoms with E-state index in [0.29, 0.717) is 25.4 Å². The second-order valence-electron chi connectivity index (χ2n) is 5.97. The van der Waals surface area contributed by atoms with Crippen LogP contribution in [0.5, 0.6) is 0 Å². The predicted molar refractivity (Wildman–Crippen MR) is 96.5 cm³/mol. The van der Waals surface area contributed by atoms with E-state index in [1.54, 1.807) is 12.4 Å². The molecule has 3 rings (SSSR count). The van der Waals surface area contributed by atoms with Gasteiger partial charge < -0.3 is 10.1 Å². The van der Waals surface area contributed by atoms with E-state index >= 15 is 0 Å². The summed E-state index contributed by atoms with van der Waals surface area (Å²) in [6.45, 7) is 0.449. The van der Waals surface area contributed by atoms with Crippen molar-refractivity contribution in [2.75, 3.05) is 19.4 Å². The molecule has 1 saturated carbocycles. The fourth-order valence-electron chi connectivity index (χ4n) is 2.47. The molecular weight excluding hydrogens is 354 g/mol. The zero-order valence-corrected chi connectivity index (χ0v) is 15.4. The van der Waals surface area contributed by atoms with Crippen LogP contribution in [0.15, 0.2) is 29.7 Å². The van der Waals surface area contributed by atoms with Crippen LogP contribution in [-0.2, 0) is 14.3 Å². The van der Waals surface area contributed by atoms with Gasteiger partial charge in [-0.15, -0.1) is 10.2 Å². The Bertz CT molecular complexity index is 761. The largest absolute Gasteiger partial charge is 0.469 e. The number of methoxy groups -OCH3 is 1. The molecule has 9 heteroatoms. The van der Waals surface area contributed by atoms with Gasteiger partial charge in [-0.2, -0.15) is 0 Å². The molecule has 0 aromatic carbocycles. The zero-order valence-electron chi connectivity index (χ0n) is 14.6. The Morgan fingerprint density at radius 1 is 1.38 bits per heavy atom. The molecule has 0 spiro atoms. The Morgan fingerprint density at radius 2 is 2.23 bits per heavy atom. The maximum Gasteiger partial charge on any atom is 0.305 e. The van der Waals surface area contributed by atoms with Crippen molar-refractivity contribution in [3.05, 3.63) is 24.5 Å². The lowest BCUT2D eigenvalue weighted by atomic mass is 10.3. The van der Waals surface area contributed by atoms with Crippen LogP contribution >= 0.6 is 11.8 Å². The summed E-state index contributed by atoms with van der Waals surface area (Å²) in [4.78, 5) is 27.2. The summed E-state index contributed by atoms with van der Waals surface area (Å²) in [5, 5.41) is 12.1. The van der Waals surface area contributed by atoms with Crippen LogP contribution in [0.4, 0.5) is 0 Å². The molecule has 0 unspecified atom stereocenters. The van der Waals surface area contributed by atoms with Crippen molar-refractivity contribution in [2.24, 2.45) is 0 Å². The van der Waals surface area contributed by atoms with Gasteiger partial charge in [-0.3, -0.25) is 19.1 Å². The number of pyridine rings is 1. The number of hydrogen-bond donors (Lipinski definition) is 1. The van der Waals surface area contributed by atoms with Gasteiger partial charge in [0, 0.05) is 37.0 Å². The van der Waals surface area contributed by atoms with Gasteiger partial charge in [0.25, 0.3) is 0 Å². The Morgan fingerprint density at radius 3 is 2.92 bits per heavy atom. The van der Waals surface area contributed by atoms with Crippen molar-refractivity contribution in [3.8, 4) is 11.4 Å². The molecule has 0 saturated heterocycles. The van der Waals surface area contributed by atoms with Crippen molar-refractivity contribution in [1.29, 1.82) is 0 Å². The molecule has 0 bridgehead atoms. The van der Waals surface area contributed by atoms with Crippen molar-refractivity contribution >= 4 is 23.6 Å². The summed E-state index contributed by atoms with van der Waals surface area (Å²) < 4.78 is 6.67. The molecule has 1 amide bonds. The maximum absolute atomic E-state index is 12.0. The predicted octanol–water partition coefficient (Wildman–Crippen LogP) is 1.84. The monoisotopic (exact) mass is 375 g/mol. The van der Waals surface area contributed by atoms with E-state index < -0.39 is 0 Å². The van der Waals surface area contributed by atoms with Crippen LogP contribution in [-0.4, -0.2) is 51.0 Å². The summed E-state index contributed by atoms with van der Waals surface area (Å²) in [7, 11) is 1.35. The minimum absolute atomic E-state index is 0.0897. The normalized spacial score (nSPS) is 13.4. The van der Waals surface area contributed by atoms with E-state index in [2.05, 4.69) is 29.8 Å². The molecule has 1 fully saturated rings. The Labute approximate surface area is 155 Å². The molecule has 0 atom stereocenters. The first-order chi connectivity index (χ1) is 12.7. The van der Waals surface area contributed by atoms with E-state index in [0.717, 1.165) is 29.4 Å². The molecule has 138 valence electrons. The number of nitrogens with zero attached hydrogens (tertiary/aromatic N) is 4. The van der Waals surface area contributed by atoms with Gasteiger partial charge >= 0.3 is 5.97 Å². The van der Waals surface area contributed by atoms with Crippen molar-refractivity contribution < 1.29 is 14.3 Å². The van der Waals surface area contributed by atoms with Gasteiger partial charge in [-0.25, -0.2) is 0 Å². The number of amides is 1. The lowest BCUT2D eigenvalue weighted by molar-refractivity contribution is -0.140. The first kappa shape index (κ1) is 18.4. The van der Waals surface area contributed by atoms with Crippen molar-refractivity contribution in [1.82, 2.24) is 25.1 Å². The number of ether oxygens (including phenoxy) is 1. The summed E-state index contributed by atoms with van der Waals surface area (Å²) in [5.41, 5.74) is 0.922. The number of carbonyl (C=O) groups is 2. The third kappa shape index (κ3) is 4.81. The third-order valence-corrected chi connectivity index (χ3v) is 4.88. The lowest BCUT2D eigenvalue weighted by Gasteiger charge is -2.08. The number of aromatic nitrogens is 4. The van der Waals surface area contributed by atoms with Gasteiger partial charge in [0.1, 0.15) is 0 Å². The Hall–Kier alpha value is -2.42. The second-order valence-corrected chi connectivity index (χ2v) is 6.91. The van der Waals surface area contributed by atoms with E-state index in [1.165, 1.54) is 18.9 Å². The van der Waals surface area contributed by atoms with Crippen LogP contribution in [0.2, 0.25) is 0 Å². The minimum Gasteiger partial charge on any atom is -0.469 e. The first-order valence-corrected chi connectivity index (χ1v) is 9.49. The molecule has 0 aliphatic heterocycles. The highest BCUT2D eigenvalue weighted by atomic mass is 32.2. The maximum atomic E-state index is 12.0. The van der Waals surface area contributed by atoms with Crippen LogP contribution < -0.4 is 5.32 Å². The smallest absolute Gasteiger partial charge is 0.305 e. The molecule has 0 radical (unpaired) electrons. The highest BCUT2D eigenvalue weighted by Crippen LogP contribution is 2.40. The quantitative estimate of drug-likeness (QED) is 0.405. The molecule has 2 heterocycles. The topological polar surface area (TPSA) is 99.0 Å². The summed E-state index contributed by atoms with van der Waals surface area (Å²) in [6, 6.07) is 4.22. The third-order valence-electron chi connectivity index (χ3n) is 3.94. The van der Waals surface area contributed by atoms with Crippen LogP contribution in [0, 0.1) is 0 Å². The second kappa shape index (κ2) is 8.79. The fraction of sp³-hybridized carbons (Fsp3) is 0.471. The van der Waals surface area contributed by atoms with E-state index in [1.807, 2.05) is 12.1 Å². The van der Waals surface area contributed by atoms with Crippen molar-refractivity contribution in [3.63, 3.8) is 0 Å². The summed E-state index contributed by atoms with van der Waals surface area (Å²) in [5.74, 6) is 0.694. The number of hydrogen-bond acceptors (Lipinski definition) is 7. The van der Waals surface area contributed by atoms with E-state index in [4.69, 9.17) is 0 Å². The van der Waals surface area contributed by atoms with Crippen LogP contribution in [0.1, 0.15) is 31.7 Å². The average Bonchev–Trinajstić information content (AvgIpc) is 3.43. The number of thioether (sulfide) groups is 1. The highest BCUT2D eigenvalue weighted by Gasteiger charge is 2.30. The van der Waals surface area contributed by atoms with Crippen molar-refractivity contribution in [2.45, 2.75) is 36.9 Å². The lowest BCUT2D eigenvalue weighted by Crippen LogP contribution is -2.26. The number of nitrogens with one attached hydrogen (secondary N) is 1. The average molecular weight is 375 g/mol. The van der Waals surface area contributed by atoms with E-state index in [-0.39, 0.29) is 17.6 Å². The molecule has 2 aromatic rings. The first-order valence-electron chi connectivity index (χ1n) is 8.50. The zero-order chi connectivity index (χ0) is 18.4. The van der Waals surface area contributed by atoms with Gasteiger partial charge in [0.05, 0.1) is 12.9 Å². The number of carbonyl (C=O) groups excluding carboxylic acids is 2. The molecule has 1 aliphatic carbocycles. The van der Waals surface area contributed by atoms with Gasteiger partial charge in [0.15, 0.2) is 11.0 Å². The Kier molecular flexibility index (Phi) is 6.21. The standard InChI is InChI=1S/C17H21N5O3S/c1-25-15(24)5-3-9-19-14(23)11-26-17-21-20-16(22(17)13-6-7-13)12-4-2-8-18-10-12/h2,4,8,10,13H,3,5-7,9,11H2,1H3,(H,19,23). The number of esters is 1. The van der Waals surface area contributed by atoms with Crippen LogP contribution in [0.25, 0.3) is 11.4 Å². The van der Waals surface area contributed by atoms with E-state index in [9.17, 15) is 9.59 Å². The minimum atomic E-state index is -0.269. The van der Waals surface area contributed by atoms with Gasteiger partial charge in [-0.05, 0) is 31.4 Å². The fourth-order valence-corrected chi connectivity index (χ4v) is 3.31. The molecule has 1 N–H and O–H groups in total. The van der Waals surface area contributed by atoms with Crippen LogP contribution in [0.3, 0.4) is 0 Å². The molecule has 26 heavy (non-hydrogen) atoms. The molecular formula is C17H21N5O3S. The molecule has 2 aromatic heterocycles. The molecule has 1 aliphatic rings. The SMILES string of the molecule is COC(=O)CCCNC(=O)CSc1nnc(-c2cccnc2)n1C1CC1.